The molecule has 1 atom stereocenters. The number of benzene rings is 2. The number of nitrogens with zero attached hydrogens (tertiary/aromatic N) is 2. The highest BCUT2D eigenvalue weighted by Gasteiger charge is 2.40. The van der Waals surface area contributed by atoms with E-state index in [4.69, 9.17) is 0 Å². The van der Waals surface area contributed by atoms with Gasteiger partial charge in [0.1, 0.15) is 11.6 Å². The van der Waals surface area contributed by atoms with Gasteiger partial charge in [-0.05, 0) is 49.9 Å². The average molecular weight is 489 g/mol. The largest absolute Gasteiger partial charge is 0.371 e. The van der Waals surface area contributed by atoms with Gasteiger partial charge in [0, 0.05) is 72.5 Å². The van der Waals surface area contributed by atoms with Crippen LogP contribution in [-0.4, -0.2) is 55.1 Å². The maximum Gasteiger partial charge on any atom is 0.251 e. The quantitative estimate of drug-likeness (QED) is 0.489. The van der Waals surface area contributed by atoms with Crippen molar-refractivity contribution in [3.8, 4) is 0 Å². The number of rotatable bonds is 3. The molecule has 2 aromatic carbocycles. The topological polar surface area (TPSA) is 34.3 Å². The van der Waals surface area contributed by atoms with Crippen LogP contribution in [-0.2, 0) is 13.0 Å². The molecule has 0 saturated carbocycles. The number of anilines is 1. The number of H-pyrrole nitrogens is 1. The fourth-order valence-corrected chi connectivity index (χ4v) is 5.75. The number of fused-ring (bicyclic) bond motifs is 3. The zero-order valence-corrected chi connectivity index (χ0v) is 20.0. The first kappa shape index (κ1) is 24.1. The predicted molar refractivity (Wildman–Crippen MR) is 131 cm³/mol. The fourth-order valence-electron chi connectivity index (χ4n) is 5.75. The second-order valence-corrected chi connectivity index (χ2v) is 10.3. The van der Waals surface area contributed by atoms with Gasteiger partial charge >= 0.3 is 0 Å². The Kier molecular flexibility index (Phi) is 6.77. The number of alkyl halides is 2. The molecule has 3 aliphatic rings. The minimum absolute atomic E-state index is 0.143. The predicted octanol–water partition coefficient (Wildman–Crippen LogP) is 5.33. The van der Waals surface area contributed by atoms with Gasteiger partial charge in [0.15, 0.2) is 0 Å². The third-order valence-electron chi connectivity index (χ3n) is 7.63. The zero-order chi connectivity index (χ0) is 24.6. The first-order chi connectivity index (χ1) is 16.8. The lowest BCUT2D eigenvalue weighted by molar-refractivity contribution is 0.0597. The van der Waals surface area contributed by atoms with E-state index >= 15 is 0 Å². The van der Waals surface area contributed by atoms with Crippen LogP contribution in [0.3, 0.4) is 0 Å². The van der Waals surface area contributed by atoms with Crippen LogP contribution in [0.2, 0.25) is 0 Å². The first-order valence-electron chi connectivity index (χ1n) is 12.3. The molecule has 0 aliphatic carbocycles. The summed E-state index contributed by atoms with van der Waals surface area (Å²) in [6.45, 7) is 6.33. The van der Waals surface area contributed by atoms with Crippen LogP contribution in [0.1, 0.15) is 31.0 Å². The summed E-state index contributed by atoms with van der Waals surface area (Å²) in [5.74, 6) is -0.988. The number of aromatic amines is 1. The summed E-state index contributed by atoms with van der Waals surface area (Å²) in [6, 6.07) is 12.1. The van der Waals surface area contributed by atoms with E-state index in [1.165, 1.54) is 29.5 Å². The Morgan fingerprint density at radius 3 is 2.51 bits per heavy atom. The fraction of sp³-hybridized carbons (Fsp3) is 0.481. The third kappa shape index (κ3) is 5.19. The molecule has 6 rings (SSSR count). The van der Waals surface area contributed by atoms with Gasteiger partial charge in [-0.1, -0.05) is 18.2 Å². The van der Waals surface area contributed by atoms with Crippen LogP contribution in [0.5, 0.6) is 0 Å². The van der Waals surface area contributed by atoms with Gasteiger partial charge in [-0.2, -0.15) is 0 Å². The van der Waals surface area contributed by atoms with Crippen molar-refractivity contribution in [2.45, 2.75) is 45.2 Å². The monoisotopic (exact) mass is 488 g/mol. The molecule has 0 amide bonds. The number of hydrogen-bond donors (Lipinski definition) is 2. The number of piperidine rings is 1. The molecular formula is C27H32F4N4. The Bertz CT molecular complexity index is 1150. The van der Waals surface area contributed by atoms with Crippen LogP contribution in [0.4, 0.5) is 23.2 Å². The van der Waals surface area contributed by atoms with Crippen molar-refractivity contribution >= 4 is 16.6 Å². The highest BCUT2D eigenvalue weighted by atomic mass is 19.3. The van der Waals surface area contributed by atoms with E-state index in [1.54, 1.807) is 0 Å². The molecule has 3 aromatic rings. The molecule has 0 radical (unpaired) electrons. The maximum atomic E-state index is 13.2. The van der Waals surface area contributed by atoms with Crippen LogP contribution in [0.25, 0.3) is 10.9 Å². The Morgan fingerprint density at radius 1 is 1.09 bits per heavy atom. The summed E-state index contributed by atoms with van der Waals surface area (Å²) in [7, 11) is 0. The van der Waals surface area contributed by atoms with E-state index in [1.807, 2.05) is 30.0 Å². The van der Waals surface area contributed by atoms with Crippen LogP contribution < -0.4 is 10.2 Å². The van der Waals surface area contributed by atoms with Crippen molar-refractivity contribution in [1.29, 1.82) is 0 Å². The normalized spacial score (nSPS) is 21.5. The average Bonchev–Trinajstić information content (AvgIpc) is 3.15. The standard InChI is InChI=1S/C14H16F2N2.C13H16F2N2/c1-9-6-11-10-4-2-3-5-12(10)17-13(11)7-18(9)8-14(15)16;14-10-4-11(15)6-12(5-10)17-3-1-2-13(9-17)7-16-8-13/h2-5,9,14,17H,6-8H2,1H3;4-6,16H,1-3,7-9H2. The van der Waals surface area contributed by atoms with E-state index < -0.39 is 18.1 Å². The number of aromatic nitrogens is 1. The van der Waals surface area contributed by atoms with E-state index in [0.29, 0.717) is 17.6 Å². The van der Waals surface area contributed by atoms with E-state index in [0.717, 1.165) is 56.3 Å². The number of halogens is 4. The Morgan fingerprint density at radius 2 is 1.83 bits per heavy atom. The van der Waals surface area contributed by atoms with Crippen molar-refractivity contribution in [1.82, 2.24) is 15.2 Å². The molecule has 0 bridgehead atoms. The first-order valence-corrected chi connectivity index (χ1v) is 12.3. The second kappa shape index (κ2) is 9.82. The Balaban J connectivity index is 0.000000145. The molecular weight excluding hydrogens is 456 g/mol. The molecule has 4 heterocycles. The van der Waals surface area contributed by atoms with Gasteiger partial charge in [-0.25, -0.2) is 17.6 Å². The molecule has 2 saturated heterocycles. The summed E-state index contributed by atoms with van der Waals surface area (Å²) in [4.78, 5) is 7.31. The molecule has 1 unspecified atom stereocenters. The zero-order valence-electron chi connectivity index (χ0n) is 20.0. The molecule has 1 spiro atoms. The van der Waals surface area contributed by atoms with Gasteiger partial charge in [0.05, 0.1) is 6.54 Å². The molecule has 188 valence electrons. The van der Waals surface area contributed by atoms with Crippen molar-refractivity contribution < 1.29 is 17.6 Å². The van der Waals surface area contributed by atoms with Gasteiger partial charge in [0.25, 0.3) is 6.43 Å². The smallest absolute Gasteiger partial charge is 0.251 e. The summed E-state index contributed by atoms with van der Waals surface area (Å²) in [5, 5.41) is 4.52. The van der Waals surface area contributed by atoms with E-state index in [-0.39, 0.29) is 12.6 Å². The van der Waals surface area contributed by atoms with Gasteiger partial charge in [0.2, 0.25) is 0 Å². The van der Waals surface area contributed by atoms with Crippen LogP contribution in [0, 0.1) is 17.0 Å². The molecule has 2 fully saturated rings. The summed E-state index contributed by atoms with van der Waals surface area (Å²) in [5.41, 5.74) is 4.50. The van der Waals surface area contributed by atoms with Gasteiger partial charge in [-0.3, -0.25) is 4.90 Å². The number of nitrogens with one attached hydrogen (secondary N) is 2. The lowest BCUT2D eigenvalue weighted by atomic mass is 9.75. The van der Waals surface area contributed by atoms with Crippen molar-refractivity contribution in [3.05, 3.63) is 65.4 Å². The summed E-state index contributed by atoms with van der Waals surface area (Å²) >= 11 is 0. The van der Waals surface area contributed by atoms with Crippen LogP contribution in [0.15, 0.2) is 42.5 Å². The Labute approximate surface area is 203 Å². The van der Waals surface area contributed by atoms with Crippen molar-refractivity contribution in [3.63, 3.8) is 0 Å². The Hall–Kier alpha value is -2.58. The molecule has 8 heteroatoms. The van der Waals surface area contributed by atoms with Crippen molar-refractivity contribution in [2.24, 2.45) is 5.41 Å². The van der Waals surface area contributed by atoms with Crippen LogP contribution >= 0.6 is 0 Å². The van der Waals surface area contributed by atoms with Crippen molar-refractivity contribution in [2.75, 3.05) is 37.6 Å². The van der Waals surface area contributed by atoms with E-state index in [9.17, 15) is 17.6 Å². The molecule has 3 aliphatic heterocycles. The van der Waals surface area contributed by atoms with Gasteiger partial charge < -0.3 is 15.2 Å². The molecule has 35 heavy (non-hydrogen) atoms. The molecule has 2 N–H and O–H groups in total. The third-order valence-corrected chi connectivity index (χ3v) is 7.63. The highest BCUT2D eigenvalue weighted by molar-refractivity contribution is 5.84. The minimum atomic E-state index is -2.27. The summed E-state index contributed by atoms with van der Waals surface area (Å²) < 4.78 is 51.4. The minimum Gasteiger partial charge on any atom is -0.371 e. The lowest BCUT2D eigenvalue weighted by Crippen LogP contribution is -2.61. The molecule has 1 aromatic heterocycles. The SMILES string of the molecule is CC1Cc2c([nH]c3ccccc23)CN1CC(F)F.Fc1cc(F)cc(N2CCCC3(CNC3)C2)c1. The van der Waals surface area contributed by atoms with Gasteiger partial charge in [-0.15, -0.1) is 0 Å². The lowest BCUT2D eigenvalue weighted by Gasteiger charge is -2.50. The highest BCUT2D eigenvalue weighted by Crippen LogP contribution is 2.36. The number of hydrogen-bond acceptors (Lipinski definition) is 3. The van der Waals surface area contributed by atoms with E-state index in [2.05, 4.69) is 21.3 Å². The maximum absolute atomic E-state index is 13.2. The number of para-hydroxylation sites is 1. The summed E-state index contributed by atoms with van der Waals surface area (Å²) in [6.07, 6.45) is 0.888. The molecule has 4 nitrogen and oxygen atoms in total. The second-order valence-electron chi connectivity index (χ2n) is 10.3.